The number of benzene rings is 1. The maximum absolute atomic E-state index is 13.2. The summed E-state index contributed by atoms with van der Waals surface area (Å²) in [5, 5.41) is 3.38. The van der Waals surface area contributed by atoms with Gasteiger partial charge in [-0.3, -0.25) is 0 Å². The number of halogens is 3. The summed E-state index contributed by atoms with van der Waals surface area (Å²) in [6.07, 6.45) is 1.80. The molecule has 15 heavy (non-hydrogen) atoms. The Morgan fingerprint density at radius 3 is 2.73 bits per heavy atom. The van der Waals surface area contributed by atoms with E-state index in [-0.39, 0.29) is 5.38 Å². The summed E-state index contributed by atoms with van der Waals surface area (Å²) < 4.78 is 26.0. The molecule has 1 aromatic rings. The van der Waals surface area contributed by atoms with Crippen molar-refractivity contribution in [1.29, 1.82) is 0 Å². The van der Waals surface area contributed by atoms with E-state index >= 15 is 0 Å². The molecule has 0 aromatic heterocycles. The smallest absolute Gasteiger partial charge is 0.163 e. The molecule has 0 unspecified atom stereocenters. The first-order valence-corrected chi connectivity index (χ1v) is 5.41. The number of hydrogen-bond acceptors (Lipinski definition) is 1. The van der Waals surface area contributed by atoms with Gasteiger partial charge in [0.1, 0.15) is 0 Å². The van der Waals surface area contributed by atoms with Crippen molar-refractivity contribution < 1.29 is 8.78 Å². The molecule has 1 aliphatic rings. The fraction of sp³-hybridized carbons (Fsp3) is 0.455. The second kappa shape index (κ2) is 4.45. The summed E-state index contributed by atoms with van der Waals surface area (Å²) in [6.45, 7) is 0.359. The van der Waals surface area contributed by atoms with Crippen LogP contribution in [0.5, 0.6) is 0 Å². The monoisotopic (exact) mass is 231 g/mol. The van der Waals surface area contributed by atoms with E-state index in [9.17, 15) is 8.78 Å². The first-order chi connectivity index (χ1) is 7.16. The van der Waals surface area contributed by atoms with Gasteiger partial charge in [0.15, 0.2) is 11.6 Å². The topological polar surface area (TPSA) is 12.0 Å². The standard InChI is InChI=1S/C11H12ClF2N/c12-8-4-9(5-8)15-6-7-2-1-3-10(13)11(7)14/h1-3,8-9,15H,4-6H2. The molecule has 0 radical (unpaired) electrons. The minimum absolute atomic E-state index is 0.236. The molecule has 0 amide bonds. The normalized spacial score (nSPS) is 25.0. The third-order valence-corrected chi connectivity index (χ3v) is 3.05. The van der Waals surface area contributed by atoms with Gasteiger partial charge in [-0.25, -0.2) is 8.78 Å². The van der Waals surface area contributed by atoms with Crippen LogP contribution in [0.25, 0.3) is 0 Å². The summed E-state index contributed by atoms with van der Waals surface area (Å²) in [6, 6.07) is 4.56. The highest BCUT2D eigenvalue weighted by Gasteiger charge is 2.26. The van der Waals surface area contributed by atoms with Crippen molar-refractivity contribution in [2.24, 2.45) is 0 Å². The third kappa shape index (κ3) is 2.47. The van der Waals surface area contributed by atoms with E-state index in [1.807, 2.05) is 0 Å². The molecular formula is C11H12ClF2N. The number of nitrogens with one attached hydrogen (secondary N) is 1. The molecule has 0 bridgehead atoms. The van der Waals surface area contributed by atoms with Crippen LogP contribution in [-0.4, -0.2) is 11.4 Å². The summed E-state index contributed by atoms with van der Waals surface area (Å²) in [5.41, 5.74) is 0.369. The van der Waals surface area contributed by atoms with Crippen LogP contribution in [0.1, 0.15) is 18.4 Å². The first-order valence-electron chi connectivity index (χ1n) is 4.97. The Morgan fingerprint density at radius 1 is 1.33 bits per heavy atom. The summed E-state index contributed by atoms with van der Waals surface area (Å²) in [5.74, 6) is -1.55. The van der Waals surface area contributed by atoms with Gasteiger partial charge in [0.25, 0.3) is 0 Å². The molecule has 1 aromatic carbocycles. The maximum atomic E-state index is 13.2. The average Bonchev–Trinajstić information content (AvgIpc) is 2.17. The van der Waals surface area contributed by atoms with Crippen LogP contribution in [0.15, 0.2) is 18.2 Å². The molecule has 0 saturated heterocycles. The van der Waals surface area contributed by atoms with E-state index in [0.29, 0.717) is 18.2 Å². The van der Waals surface area contributed by atoms with E-state index in [1.54, 1.807) is 6.07 Å². The summed E-state index contributed by atoms with van der Waals surface area (Å²) >= 11 is 5.81. The van der Waals surface area contributed by atoms with Gasteiger partial charge in [0.2, 0.25) is 0 Å². The van der Waals surface area contributed by atoms with Gasteiger partial charge in [-0.2, -0.15) is 0 Å². The Kier molecular flexibility index (Phi) is 3.22. The van der Waals surface area contributed by atoms with E-state index in [1.165, 1.54) is 6.07 Å². The van der Waals surface area contributed by atoms with Crippen molar-refractivity contribution >= 4 is 11.6 Å². The number of alkyl halides is 1. The molecule has 1 saturated carbocycles. The Morgan fingerprint density at radius 2 is 2.07 bits per heavy atom. The summed E-state index contributed by atoms with van der Waals surface area (Å²) in [7, 11) is 0. The Balaban J connectivity index is 1.91. The molecule has 2 rings (SSSR count). The summed E-state index contributed by atoms with van der Waals surface area (Å²) in [4.78, 5) is 0. The lowest BCUT2D eigenvalue weighted by atomic mass is 9.92. The molecule has 1 fully saturated rings. The SMILES string of the molecule is Fc1cccc(CNC2CC(Cl)C2)c1F. The van der Waals surface area contributed by atoms with Crippen LogP contribution in [0.2, 0.25) is 0 Å². The second-order valence-corrected chi connectivity index (χ2v) is 4.48. The number of hydrogen-bond donors (Lipinski definition) is 1. The first kappa shape index (κ1) is 10.8. The van der Waals surface area contributed by atoms with Gasteiger partial charge < -0.3 is 5.32 Å². The molecule has 0 spiro atoms. The molecule has 82 valence electrons. The molecule has 1 aliphatic carbocycles. The van der Waals surface area contributed by atoms with Crippen LogP contribution in [0.3, 0.4) is 0 Å². The van der Waals surface area contributed by atoms with Gasteiger partial charge in [0.05, 0.1) is 0 Å². The minimum atomic E-state index is -0.793. The largest absolute Gasteiger partial charge is 0.310 e. The predicted molar refractivity (Wildman–Crippen MR) is 55.9 cm³/mol. The van der Waals surface area contributed by atoms with Gasteiger partial charge in [-0.05, 0) is 18.9 Å². The van der Waals surface area contributed by atoms with Gasteiger partial charge >= 0.3 is 0 Å². The highest BCUT2D eigenvalue weighted by molar-refractivity contribution is 6.21. The van der Waals surface area contributed by atoms with E-state index in [2.05, 4.69) is 5.32 Å². The van der Waals surface area contributed by atoms with Crippen LogP contribution >= 0.6 is 11.6 Å². The van der Waals surface area contributed by atoms with Gasteiger partial charge in [-0.15, -0.1) is 11.6 Å². The van der Waals surface area contributed by atoms with Crippen molar-refractivity contribution in [3.63, 3.8) is 0 Å². The Labute approximate surface area is 92.4 Å². The van der Waals surface area contributed by atoms with Gasteiger partial charge in [0, 0.05) is 23.5 Å². The fourth-order valence-electron chi connectivity index (χ4n) is 1.65. The molecular weight excluding hydrogens is 220 g/mol. The Hall–Kier alpha value is -0.670. The zero-order valence-corrected chi connectivity index (χ0v) is 8.90. The molecule has 1 nitrogen and oxygen atoms in total. The molecule has 0 atom stereocenters. The van der Waals surface area contributed by atoms with Crippen molar-refractivity contribution in [1.82, 2.24) is 5.32 Å². The molecule has 4 heteroatoms. The van der Waals surface area contributed by atoms with Crippen LogP contribution in [0.4, 0.5) is 8.78 Å². The zero-order valence-electron chi connectivity index (χ0n) is 8.14. The lowest BCUT2D eigenvalue weighted by Gasteiger charge is -2.31. The van der Waals surface area contributed by atoms with E-state index in [4.69, 9.17) is 11.6 Å². The van der Waals surface area contributed by atoms with Crippen LogP contribution in [-0.2, 0) is 6.54 Å². The highest BCUT2D eigenvalue weighted by atomic mass is 35.5. The highest BCUT2D eigenvalue weighted by Crippen LogP contribution is 2.25. The van der Waals surface area contributed by atoms with Crippen LogP contribution < -0.4 is 5.32 Å². The lowest BCUT2D eigenvalue weighted by molar-refractivity contribution is 0.342. The second-order valence-electron chi connectivity index (χ2n) is 3.86. The van der Waals surface area contributed by atoms with Crippen molar-refractivity contribution in [2.45, 2.75) is 30.8 Å². The van der Waals surface area contributed by atoms with Crippen molar-refractivity contribution in [3.8, 4) is 0 Å². The van der Waals surface area contributed by atoms with Crippen molar-refractivity contribution in [3.05, 3.63) is 35.4 Å². The lowest BCUT2D eigenvalue weighted by Crippen LogP contribution is -2.41. The third-order valence-electron chi connectivity index (χ3n) is 2.69. The molecule has 0 aliphatic heterocycles. The average molecular weight is 232 g/mol. The fourth-order valence-corrected chi connectivity index (χ4v) is 2.08. The van der Waals surface area contributed by atoms with E-state index < -0.39 is 11.6 Å². The quantitative estimate of drug-likeness (QED) is 0.789. The van der Waals surface area contributed by atoms with Crippen molar-refractivity contribution in [2.75, 3.05) is 0 Å². The zero-order chi connectivity index (χ0) is 10.8. The minimum Gasteiger partial charge on any atom is -0.310 e. The van der Waals surface area contributed by atoms with Crippen LogP contribution in [0, 0.1) is 11.6 Å². The van der Waals surface area contributed by atoms with E-state index in [0.717, 1.165) is 18.9 Å². The molecule has 1 N–H and O–H groups in total. The molecule has 0 heterocycles. The number of rotatable bonds is 3. The maximum Gasteiger partial charge on any atom is 0.163 e. The van der Waals surface area contributed by atoms with Gasteiger partial charge in [-0.1, -0.05) is 12.1 Å². The predicted octanol–water partition coefficient (Wildman–Crippen LogP) is 2.82. The Bertz CT molecular complexity index is 350.